The highest BCUT2D eigenvalue weighted by Crippen LogP contribution is 2.22. The van der Waals surface area contributed by atoms with E-state index >= 15 is 0 Å². The number of methoxy groups -OCH3 is 1. The molecule has 138 valence electrons. The summed E-state index contributed by atoms with van der Waals surface area (Å²) in [5.41, 5.74) is 0.466. The van der Waals surface area contributed by atoms with Gasteiger partial charge in [-0.3, -0.25) is 13.9 Å². The summed E-state index contributed by atoms with van der Waals surface area (Å²) in [7, 11) is 4.55. The van der Waals surface area contributed by atoms with E-state index in [1.807, 2.05) is 24.3 Å². The fraction of sp³-hybridized carbons (Fsp3) is 0.353. The molecule has 2 heterocycles. The Morgan fingerprint density at radius 2 is 1.96 bits per heavy atom. The van der Waals surface area contributed by atoms with Gasteiger partial charge in [0.05, 0.1) is 31.8 Å². The van der Waals surface area contributed by atoms with Crippen LogP contribution in [-0.4, -0.2) is 43.6 Å². The Morgan fingerprint density at radius 1 is 1.23 bits per heavy atom. The zero-order valence-electron chi connectivity index (χ0n) is 14.8. The van der Waals surface area contributed by atoms with E-state index in [0.29, 0.717) is 11.4 Å². The quantitative estimate of drug-likeness (QED) is 0.638. The molecule has 9 nitrogen and oxygen atoms in total. The van der Waals surface area contributed by atoms with Crippen LogP contribution in [0.5, 0.6) is 5.75 Å². The molecule has 0 amide bonds. The van der Waals surface area contributed by atoms with Gasteiger partial charge in [0, 0.05) is 20.6 Å². The van der Waals surface area contributed by atoms with Crippen molar-refractivity contribution in [3.8, 4) is 5.75 Å². The third-order valence-electron chi connectivity index (χ3n) is 4.26. The number of para-hydroxylation sites is 2. The van der Waals surface area contributed by atoms with E-state index < -0.39 is 17.4 Å². The Hall–Kier alpha value is -3.07. The lowest BCUT2D eigenvalue weighted by Gasteiger charge is -2.15. The number of nitrogens with zero attached hydrogens (tertiary/aromatic N) is 4. The maximum atomic E-state index is 12.4. The third-order valence-corrected chi connectivity index (χ3v) is 4.26. The van der Waals surface area contributed by atoms with Crippen molar-refractivity contribution < 1.29 is 9.84 Å². The number of hydrogen-bond acceptors (Lipinski definition) is 6. The highest BCUT2D eigenvalue weighted by molar-refractivity contribution is 5.69. The Balaban J connectivity index is 1.81. The molecule has 3 rings (SSSR count). The molecule has 0 fully saturated rings. The van der Waals surface area contributed by atoms with Crippen molar-refractivity contribution in [1.29, 1.82) is 0 Å². The Kier molecular flexibility index (Phi) is 4.81. The number of imidazole rings is 1. The smallest absolute Gasteiger partial charge is 0.332 e. The average Bonchev–Trinajstić information content (AvgIpc) is 3.06. The molecule has 0 unspecified atom stereocenters. The lowest BCUT2D eigenvalue weighted by atomic mass is 10.2. The summed E-state index contributed by atoms with van der Waals surface area (Å²) in [6.07, 6.45) is 0.678. The number of hydrogen-bond donors (Lipinski definition) is 2. The molecule has 0 bridgehead atoms. The van der Waals surface area contributed by atoms with Crippen LogP contribution in [0.1, 0.15) is 0 Å². The van der Waals surface area contributed by atoms with Gasteiger partial charge < -0.3 is 19.7 Å². The van der Waals surface area contributed by atoms with Crippen molar-refractivity contribution >= 4 is 16.9 Å². The maximum Gasteiger partial charge on any atom is 0.332 e. The van der Waals surface area contributed by atoms with Crippen molar-refractivity contribution in [2.45, 2.75) is 12.6 Å². The number of aliphatic hydroxyl groups is 1. The molecule has 26 heavy (non-hydrogen) atoms. The van der Waals surface area contributed by atoms with Crippen molar-refractivity contribution in [1.82, 2.24) is 18.7 Å². The van der Waals surface area contributed by atoms with Crippen molar-refractivity contribution in [2.24, 2.45) is 14.1 Å². The summed E-state index contributed by atoms with van der Waals surface area (Å²) in [5.74, 6) is 0.677. The molecule has 3 aromatic rings. The van der Waals surface area contributed by atoms with Crippen LogP contribution in [0.3, 0.4) is 0 Å². The van der Waals surface area contributed by atoms with Crippen LogP contribution in [0.4, 0.5) is 5.69 Å². The van der Waals surface area contributed by atoms with E-state index in [-0.39, 0.29) is 18.6 Å². The molecular formula is C17H21N5O4. The molecule has 0 saturated carbocycles. The van der Waals surface area contributed by atoms with Crippen LogP contribution in [0.15, 0.2) is 40.2 Å². The van der Waals surface area contributed by atoms with E-state index in [1.54, 1.807) is 18.7 Å². The Bertz CT molecular complexity index is 1050. The Morgan fingerprint density at radius 3 is 2.69 bits per heavy atom. The first-order valence-electron chi connectivity index (χ1n) is 8.09. The number of anilines is 1. The topological polar surface area (TPSA) is 103 Å². The van der Waals surface area contributed by atoms with Crippen molar-refractivity contribution in [3.05, 3.63) is 51.4 Å². The summed E-state index contributed by atoms with van der Waals surface area (Å²) in [6.45, 7) is 0.415. The van der Waals surface area contributed by atoms with Gasteiger partial charge >= 0.3 is 5.69 Å². The van der Waals surface area contributed by atoms with Gasteiger partial charge in [0.2, 0.25) is 0 Å². The molecule has 0 aliphatic carbocycles. The van der Waals surface area contributed by atoms with Crippen LogP contribution in [0.2, 0.25) is 0 Å². The monoisotopic (exact) mass is 359 g/mol. The Labute approximate surface area is 149 Å². The number of benzene rings is 1. The first-order valence-corrected chi connectivity index (χ1v) is 8.09. The van der Waals surface area contributed by atoms with Gasteiger partial charge in [-0.25, -0.2) is 9.78 Å². The fourth-order valence-electron chi connectivity index (χ4n) is 2.85. The fourth-order valence-corrected chi connectivity index (χ4v) is 2.85. The number of fused-ring (bicyclic) bond motifs is 1. The molecule has 9 heteroatoms. The van der Waals surface area contributed by atoms with Crippen LogP contribution in [0, 0.1) is 0 Å². The van der Waals surface area contributed by atoms with Gasteiger partial charge in [-0.15, -0.1) is 0 Å². The van der Waals surface area contributed by atoms with E-state index in [2.05, 4.69) is 10.3 Å². The zero-order chi connectivity index (χ0) is 18.8. The number of ether oxygens (including phenoxy) is 1. The normalized spacial score (nSPS) is 12.3. The first-order chi connectivity index (χ1) is 12.4. The minimum Gasteiger partial charge on any atom is -0.495 e. The van der Waals surface area contributed by atoms with Crippen LogP contribution >= 0.6 is 0 Å². The number of aromatic nitrogens is 4. The molecular weight excluding hydrogens is 338 g/mol. The standard InChI is InChI=1S/C17H21N5O4/c1-20-15-14(16(24)21(2)17(20)25)22(10-19-15)9-11(23)8-18-12-6-4-5-7-13(12)26-3/h4-7,10-11,18,23H,8-9H2,1-3H3/t11-/m1/s1. The van der Waals surface area contributed by atoms with Gasteiger partial charge in [-0.2, -0.15) is 0 Å². The molecule has 1 atom stereocenters. The molecule has 0 radical (unpaired) electrons. The van der Waals surface area contributed by atoms with Gasteiger partial charge in [-0.05, 0) is 12.1 Å². The second kappa shape index (κ2) is 7.04. The number of rotatable bonds is 6. The summed E-state index contributed by atoms with van der Waals surface area (Å²) in [6, 6.07) is 7.40. The number of aryl methyl sites for hydroxylation is 1. The van der Waals surface area contributed by atoms with Crippen LogP contribution in [-0.2, 0) is 20.6 Å². The second-order valence-electron chi connectivity index (χ2n) is 6.01. The predicted octanol–water partition coefficient (Wildman–Crippen LogP) is -0.0847. The SMILES string of the molecule is COc1ccccc1NC[C@@H](O)Cn1cnc2c1c(=O)n(C)c(=O)n2C. The molecule has 0 spiro atoms. The zero-order valence-corrected chi connectivity index (χ0v) is 14.8. The summed E-state index contributed by atoms with van der Waals surface area (Å²) in [5, 5.41) is 13.5. The second-order valence-corrected chi connectivity index (χ2v) is 6.01. The van der Waals surface area contributed by atoms with E-state index in [0.717, 1.165) is 10.3 Å². The highest BCUT2D eigenvalue weighted by Gasteiger charge is 2.16. The molecule has 0 aliphatic heterocycles. The predicted molar refractivity (Wildman–Crippen MR) is 97.7 cm³/mol. The lowest BCUT2D eigenvalue weighted by Crippen LogP contribution is -2.38. The van der Waals surface area contributed by atoms with Gasteiger partial charge in [0.1, 0.15) is 5.75 Å². The van der Waals surface area contributed by atoms with E-state index in [4.69, 9.17) is 4.74 Å². The van der Waals surface area contributed by atoms with Gasteiger partial charge in [0.15, 0.2) is 11.2 Å². The summed E-state index contributed by atoms with van der Waals surface area (Å²) >= 11 is 0. The highest BCUT2D eigenvalue weighted by atomic mass is 16.5. The average molecular weight is 359 g/mol. The van der Waals surface area contributed by atoms with Crippen molar-refractivity contribution in [2.75, 3.05) is 19.0 Å². The third kappa shape index (κ3) is 3.08. The van der Waals surface area contributed by atoms with E-state index in [9.17, 15) is 14.7 Å². The van der Waals surface area contributed by atoms with Gasteiger partial charge in [-0.1, -0.05) is 12.1 Å². The lowest BCUT2D eigenvalue weighted by molar-refractivity contribution is 0.168. The van der Waals surface area contributed by atoms with E-state index in [1.165, 1.54) is 17.9 Å². The molecule has 0 saturated heterocycles. The number of nitrogens with one attached hydrogen (secondary N) is 1. The van der Waals surface area contributed by atoms with Crippen LogP contribution in [0.25, 0.3) is 11.2 Å². The number of aliphatic hydroxyl groups excluding tert-OH is 1. The largest absolute Gasteiger partial charge is 0.495 e. The summed E-state index contributed by atoms with van der Waals surface area (Å²) in [4.78, 5) is 28.5. The minimum atomic E-state index is -0.778. The van der Waals surface area contributed by atoms with Crippen LogP contribution < -0.4 is 21.3 Å². The first kappa shape index (κ1) is 17.7. The van der Waals surface area contributed by atoms with Crippen molar-refractivity contribution in [3.63, 3.8) is 0 Å². The molecule has 2 aromatic heterocycles. The maximum absolute atomic E-state index is 12.4. The molecule has 1 aromatic carbocycles. The summed E-state index contributed by atoms with van der Waals surface area (Å²) < 4.78 is 9.16. The minimum absolute atomic E-state index is 0.159. The molecule has 2 N–H and O–H groups in total. The molecule has 0 aliphatic rings. The van der Waals surface area contributed by atoms with Gasteiger partial charge in [0.25, 0.3) is 5.56 Å².